The van der Waals surface area contributed by atoms with Crippen LogP contribution in [0.1, 0.15) is 5.56 Å². The Kier molecular flexibility index (Phi) is 3.72. The van der Waals surface area contributed by atoms with Crippen molar-refractivity contribution in [3.63, 3.8) is 0 Å². The molecule has 0 saturated carbocycles. The van der Waals surface area contributed by atoms with Gasteiger partial charge in [0.15, 0.2) is 0 Å². The lowest BCUT2D eigenvalue weighted by Gasteiger charge is -2.13. The van der Waals surface area contributed by atoms with E-state index in [9.17, 15) is 13.2 Å². The molecule has 0 fully saturated rings. The van der Waals surface area contributed by atoms with Gasteiger partial charge in [0.1, 0.15) is 23.6 Å². The summed E-state index contributed by atoms with van der Waals surface area (Å²) in [4.78, 5) is 8.46. The monoisotopic (exact) mass is 364 g/mol. The van der Waals surface area contributed by atoms with Gasteiger partial charge in [-0.2, -0.15) is 18.2 Å². The Morgan fingerprint density at radius 2 is 2.08 bits per heavy atom. The molecule has 0 aliphatic rings. The number of nitrogens with zero attached hydrogens (tertiary/aromatic N) is 5. The molecule has 11 heteroatoms. The molecule has 0 unspecified atom stereocenters. The van der Waals surface area contributed by atoms with Gasteiger partial charge in [-0.25, -0.2) is 4.98 Å². The second-order valence-electron chi connectivity index (χ2n) is 5.31. The van der Waals surface area contributed by atoms with Gasteiger partial charge in [-0.1, -0.05) is 0 Å². The van der Waals surface area contributed by atoms with Gasteiger partial charge in [0.05, 0.1) is 5.56 Å². The summed E-state index contributed by atoms with van der Waals surface area (Å²) in [6, 6.07) is 3.64. The molecule has 0 spiro atoms. The second kappa shape index (κ2) is 5.95. The molecule has 26 heavy (non-hydrogen) atoms. The van der Waals surface area contributed by atoms with Crippen LogP contribution in [-0.2, 0) is 6.18 Å². The van der Waals surface area contributed by atoms with Crippen LogP contribution in [-0.4, -0.2) is 37.7 Å². The lowest BCUT2D eigenvalue weighted by atomic mass is 10.1. The van der Waals surface area contributed by atoms with Crippen LogP contribution in [0.4, 0.5) is 13.2 Å². The first-order valence-electron chi connectivity index (χ1n) is 7.47. The zero-order valence-electron chi connectivity index (χ0n) is 13.1. The maximum absolute atomic E-state index is 13.5. The van der Waals surface area contributed by atoms with Crippen molar-refractivity contribution in [3.05, 3.63) is 36.4 Å². The molecule has 4 aromatic heterocycles. The molecule has 4 aromatic rings. The Morgan fingerprint density at radius 1 is 1.23 bits per heavy atom. The number of rotatable bonds is 4. The summed E-state index contributed by atoms with van der Waals surface area (Å²) < 4.78 is 52.2. The van der Waals surface area contributed by atoms with E-state index in [4.69, 9.17) is 14.9 Å². The average molecular weight is 364 g/mol. The smallest absolute Gasteiger partial charge is 0.417 e. The predicted octanol–water partition coefficient (Wildman–Crippen LogP) is 2.29. The van der Waals surface area contributed by atoms with Crippen LogP contribution in [0.15, 0.2) is 35.2 Å². The third-order valence-corrected chi connectivity index (χ3v) is 3.63. The number of hydrogen-bond donors (Lipinski definition) is 1. The summed E-state index contributed by atoms with van der Waals surface area (Å²) in [5.41, 5.74) is 5.23. The summed E-state index contributed by atoms with van der Waals surface area (Å²) in [7, 11) is 0. The fourth-order valence-electron chi connectivity index (χ4n) is 2.57. The van der Waals surface area contributed by atoms with Crippen molar-refractivity contribution in [1.29, 1.82) is 0 Å². The average Bonchev–Trinajstić information content (AvgIpc) is 3.27. The maximum Gasteiger partial charge on any atom is 0.417 e. The number of fused-ring (bicyclic) bond motifs is 3. The Hall–Kier alpha value is -3.21. The first-order valence-corrected chi connectivity index (χ1v) is 7.47. The van der Waals surface area contributed by atoms with Crippen LogP contribution in [0, 0.1) is 0 Å². The molecule has 0 aliphatic heterocycles. The number of imidazole rings is 1. The van der Waals surface area contributed by atoms with E-state index in [0.717, 1.165) is 12.5 Å². The zero-order chi connectivity index (χ0) is 18.3. The third-order valence-electron chi connectivity index (χ3n) is 3.63. The van der Waals surface area contributed by atoms with Crippen molar-refractivity contribution in [1.82, 2.24) is 24.6 Å². The van der Waals surface area contributed by atoms with Crippen molar-refractivity contribution >= 4 is 16.7 Å². The molecule has 4 heterocycles. The summed E-state index contributed by atoms with van der Waals surface area (Å²) >= 11 is 0. The van der Waals surface area contributed by atoms with Crippen LogP contribution in [0.5, 0.6) is 5.88 Å². The molecule has 0 aromatic carbocycles. The first kappa shape index (κ1) is 16.3. The normalized spacial score (nSPS) is 12.2. The highest BCUT2D eigenvalue weighted by Crippen LogP contribution is 2.36. The van der Waals surface area contributed by atoms with Crippen LogP contribution in [0.25, 0.3) is 28.3 Å². The van der Waals surface area contributed by atoms with Crippen molar-refractivity contribution in [2.24, 2.45) is 5.73 Å². The number of aromatic nitrogens is 5. The molecule has 0 amide bonds. The van der Waals surface area contributed by atoms with Crippen molar-refractivity contribution in [3.8, 4) is 17.5 Å². The summed E-state index contributed by atoms with van der Waals surface area (Å²) in [5, 5.41) is 7.22. The maximum atomic E-state index is 13.5. The molecule has 4 rings (SSSR count). The molecule has 2 N–H and O–H groups in total. The molecule has 0 bridgehead atoms. The molecule has 0 saturated heterocycles. The lowest BCUT2D eigenvalue weighted by Crippen LogP contribution is -2.13. The molecule has 0 aliphatic carbocycles. The van der Waals surface area contributed by atoms with Crippen LogP contribution < -0.4 is 10.5 Å². The predicted molar refractivity (Wildman–Crippen MR) is 83.3 cm³/mol. The number of nitrogens with two attached hydrogens (primary N) is 1. The van der Waals surface area contributed by atoms with E-state index >= 15 is 0 Å². The number of ether oxygens (including phenoxy) is 1. The number of pyridine rings is 2. The van der Waals surface area contributed by atoms with Gasteiger partial charge in [-0.05, 0) is 12.1 Å². The number of halogens is 3. The molecule has 0 radical (unpaired) electrons. The summed E-state index contributed by atoms with van der Waals surface area (Å²) in [6.45, 7) is 0.195. The highest BCUT2D eigenvalue weighted by Gasteiger charge is 2.34. The van der Waals surface area contributed by atoms with Gasteiger partial charge in [-0.15, -0.1) is 10.2 Å². The molecule has 8 nitrogen and oxygen atoms in total. The van der Waals surface area contributed by atoms with E-state index in [0.29, 0.717) is 11.3 Å². The molecular formula is C15H11F3N6O2. The van der Waals surface area contributed by atoms with Gasteiger partial charge in [0, 0.05) is 24.2 Å². The van der Waals surface area contributed by atoms with Crippen molar-refractivity contribution < 1.29 is 22.3 Å². The van der Waals surface area contributed by atoms with Crippen LogP contribution in [0.2, 0.25) is 0 Å². The first-order chi connectivity index (χ1) is 12.5. The fraction of sp³-hybridized carbons (Fsp3) is 0.200. The van der Waals surface area contributed by atoms with E-state index in [1.165, 1.54) is 22.7 Å². The second-order valence-corrected chi connectivity index (χ2v) is 5.31. The summed E-state index contributed by atoms with van der Waals surface area (Å²) in [5.74, 6) is -0.0238. The molecule has 0 atom stereocenters. The largest absolute Gasteiger partial charge is 0.476 e. The van der Waals surface area contributed by atoms with E-state index in [-0.39, 0.29) is 36.0 Å². The summed E-state index contributed by atoms with van der Waals surface area (Å²) in [6.07, 6.45) is -1.97. The van der Waals surface area contributed by atoms with Crippen LogP contribution in [0.3, 0.4) is 0 Å². The highest BCUT2D eigenvalue weighted by atomic mass is 19.4. The molecular weight excluding hydrogens is 353 g/mol. The molecule has 134 valence electrons. The Bertz CT molecular complexity index is 1070. The van der Waals surface area contributed by atoms with Crippen LogP contribution >= 0.6 is 0 Å². The van der Waals surface area contributed by atoms with Gasteiger partial charge < -0.3 is 14.9 Å². The van der Waals surface area contributed by atoms with E-state index < -0.39 is 11.7 Å². The number of alkyl halides is 3. The Morgan fingerprint density at radius 3 is 2.77 bits per heavy atom. The highest BCUT2D eigenvalue weighted by molar-refractivity contribution is 5.83. The Labute approximate surface area is 143 Å². The van der Waals surface area contributed by atoms with Gasteiger partial charge in [0.2, 0.25) is 12.3 Å². The quantitative estimate of drug-likeness (QED) is 0.592. The van der Waals surface area contributed by atoms with Crippen molar-refractivity contribution in [2.45, 2.75) is 6.18 Å². The van der Waals surface area contributed by atoms with Gasteiger partial charge >= 0.3 is 6.18 Å². The van der Waals surface area contributed by atoms with Gasteiger partial charge in [-0.3, -0.25) is 4.40 Å². The zero-order valence-corrected chi connectivity index (χ0v) is 13.1. The minimum absolute atomic E-state index is 0.0441. The topological polar surface area (TPSA) is 104 Å². The third kappa shape index (κ3) is 2.71. The SMILES string of the molecule is NCCOc1cc(C(F)(F)F)c2ccc3nc(-c4nnco4)cn3c2n1. The van der Waals surface area contributed by atoms with Gasteiger partial charge in [0.25, 0.3) is 5.89 Å². The standard InChI is InChI=1S/C15H11F3N6O2/c16-15(17,18)9-5-12(25-4-3-19)22-13-8(9)1-2-11-21-10(6-24(11)13)14-23-20-7-26-14/h1-2,5-7H,3-4,19H2. The van der Waals surface area contributed by atoms with E-state index in [1.807, 2.05) is 0 Å². The minimum Gasteiger partial charge on any atom is -0.476 e. The fourth-order valence-corrected chi connectivity index (χ4v) is 2.57. The van der Waals surface area contributed by atoms with Crippen molar-refractivity contribution in [2.75, 3.05) is 13.2 Å². The van der Waals surface area contributed by atoms with E-state index in [2.05, 4.69) is 20.2 Å². The lowest BCUT2D eigenvalue weighted by molar-refractivity contribution is -0.136. The van der Waals surface area contributed by atoms with E-state index in [1.54, 1.807) is 0 Å². The Balaban J connectivity index is 1.99. The minimum atomic E-state index is -4.58. The number of hydrogen-bond acceptors (Lipinski definition) is 7.